The van der Waals surface area contributed by atoms with E-state index in [1.807, 2.05) is 65.0 Å². The van der Waals surface area contributed by atoms with Crippen LogP contribution in [0.1, 0.15) is 37.3 Å². The van der Waals surface area contributed by atoms with Gasteiger partial charge in [-0.3, -0.25) is 14.2 Å². The Hall–Kier alpha value is -2.12. The number of thiophene rings is 1. The molecule has 1 N–H and O–H groups in total. The average molecular weight is 402 g/mol. The van der Waals surface area contributed by atoms with Crippen LogP contribution in [-0.2, 0) is 4.79 Å². The van der Waals surface area contributed by atoms with Crippen molar-refractivity contribution in [2.45, 2.75) is 51.1 Å². The van der Waals surface area contributed by atoms with Crippen LogP contribution in [0, 0.1) is 13.8 Å². The number of carbonyl (C=O) groups excluding carboxylic acids is 1. The van der Waals surface area contributed by atoms with Gasteiger partial charge in [-0.05, 0) is 52.3 Å². The molecule has 0 aliphatic carbocycles. The quantitative estimate of drug-likeness (QED) is 0.494. The van der Waals surface area contributed by atoms with E-state index < -0.39 is 0 Å². The van der Waals surface area contributed by atoms with Gasteiger partial charge in [0.05, 0.1) is 10.6 Å². The molecular weight excluding hydrogens is 378 g/mol. The lowest BCUT2D eigenvalue weighted by Gasteiger charge is -2.18. The lowest BCUT2D eigenvalue weighted by Crippen LogP contribution is -2.28. The molecule has 0 aliphatic heterocycles. The molecule has 7 heteroatoms. The summed E-state index contributed by atoms with van der Waals surface area (Å²) in [6.07, 6.45) is 0. The van der Waals surface area contributed by atoms with Crippen LogP contribution < -0.4 is 10.9 Å². The second-order valence-corrected chi connectivity index (χ2v) is 9.25. The maximum Gasteiger partial charge on any atom is 0.263 e. The molecule has 1 amide bonds. The summed E-state index contributed by atoms with van der Waals surface area (Å²) in [7, 11) is 0. The summed E-state index contributed by atoms with van der Waals surface area (Å²) in [5.41, 5.74) is 1.72. The van der Waals surface area contributed by atoms with E-state index in [4.69, 9.17) is 4.98 Å². The number of aryl methyl sites for hydroxylation is 2. The van der Waals surface area contributed by atoms with Gasteiger partial charge >= 0.3 is 0 Å². The fraction of sp³-hybridized carbons (Fsp3) is 0.350. The van der Waals surface area contributed by atoms with Crippen LogP contribution in [0.25, 0.3) is 10.2 Å². The fourth-order valence-electron chi connectivity index (χ4n) is 2.80. The number of anilines is 1. The molecule has 3 aromatic rings. The van der Waals surface area contributed by atoms with Crippen LogP contribution >= 0.6 is 23.1 Å². The van der Waals surface area contributed by atoms with Crippen molar-refractivity contribution in [2.24, 2.45) is 0 Å². The predicted octanol–water partition coefficient (Wildman–Crippen LogP) is 4.78. The van der Waals surface area contributed by atoms with Gasteiger partial charge in [-0.25, -0.2) is 4.98 Å². The number of amides is 1. The number of thioether (sulfide) groups is 1. The Kier molecular flexibility index (Phi) is 5.72. The molecule has 1 atom stereocenters. The lowest BCUT2D eigenvalue weighted by molar-refractivity contribution is -0.115. The third-order valence-electron chi connectivity index (χ3n) is 4.41. The van der Waals surface area contributed by atoms with Gasteiger partial charge < -0.3 is 5.32 Å². The highest BCUT2D eigenvalue weighted by molar-refractivity contribution is 8.00. The molecule has 0 fully saturated rings. The van der Waals surface area contributed by atoms with E-state index >= 15 is 0 Å². The summed E-state index contributed by atoms with van der Waals surface area (Å²) >= 11 is 2.84. The summed E-state index contributed by atoms with van der Waals surface area (Å²) in [5, 5.41) is 3.79. The van der Waals surface area contributed by atoms with Gasteiger partial charge in [0.2, 0.25) is 5.91 Å². The highest BCUT2D eigenvalue weighted by atomic mass is 32.2. The minimum Gasteiger partial charge on any atom is -0.325 e. The number of hydrogen-bond acceptors (Lipinski definition) is 5. The Balaban J connectivity index is 1.95. The molecular formula is C20H23N3O2S2. The van der Waals surface area contributed by atoms with E-state index in [1.165, 1.54) is 23.1 Å². The lowest BCUT2D eigenvalue weighted by atomic mass is 10.2. The Labute approximate surface area is 166 Å². The molecule has 0 bridgehead atoms. The van der Waals surface area contributed by atoms with Crippen molar-refractivity contribution in [3.05, 3.63) is 51.1 Å². The second-order valence-electron chi connectivity index (χ2n) is 6.74. The molecule has 3 rings (SSSR count). The summed E-state index contributed by atoms with van der Waals surface area (Å²) in [6.45, 7) is 9.72. The van der Waals surface area contributed by atoms with Gasteiger partial charge in [-0.15, -0.1) is 11.3 Å². The van der Waals surface area contributed by atoms with E-state index in [0.717, 1.165) is 21.0 Å². The molecule has 0 radical (unpaired) electrons. The van der Waals surface area contributed by atoms with E-state index in [-0.39, 0.29) is 22.8 Å². The van der Waals surface area contributed by atoms with Crippen molar-refractivity contribution in [1.82, 2.24) is 9.55 Å². The first kappa shape index (κ1) is 19.6. The number of hydrogen-bond donors (Lipinski definition) is 1. The van der Waals surface area contributed by atoms with Crippen LogP contribution in [0.2, 0.25) is 0 Å². The molecule has 0 spiro atoms. The van der Waals surface area contributed by atoms with Crippen LogP contribution in [0.5, 0.6) is 0 Å². The number of para-hydroxylation sites is 1. The van der Waals surface area contributed by atoms with Gasteiger partial charge in [0.15, 0.2) is 5.16 Å². The highest BCUT2D eigenvalue weighted by Crippen LogP contribution is 2.31. The number of nitrogens with zero attached hydrogens (tertiary/aromatic N) is 2. The largest absolute Gasteiger partial charge is 0.325 e. The molecule has 2 aromatic heterocycles. The molecule has 0 aliphatic rings. The molecule has 2 heterocycles. The molecule has 0 saturated carbocycles. The topological polar surface area (TPSA) is 64.0 Å². The van der Waals surface area contributed by atoms with Gasteiger partial charge in [-0.2, -0.15) is 0 Å². The van der Waals surface area contributed by atoms with Crippen molar-refractivity contribution in [1.29, 1.82) is 0 Å². The maximum atomic E-state index is 13.1. The van der Waals surface area contributed by atoms with Crippen LogP contribution in [0.4, 0.5) is 5.69 Å². The van der Waals surface area contributed by atoms with E-state index in [1.54, 1.807) is 4.57 Å². The molecule has 1 aromatic carbocycles. The van der Waals surface area contributed by atoms with Gasteiger partial charge in [0, 0.05) is 16.6 Å². The van der Waals surface area contributed by atoms with Crippen molar-refractivity contribution < 1.29 is 4.79 Å². The third-order valence-corrected chi connectivity index (χ3v) is 6.58. The van der Waals surface area contributed by atoms with Crippen LogP contribution in [0.3, 0.4) is 0 Å². The minimum absolute atomic E-state index is 0.0324. The summed E-state index contributed by atoms with van der Waals surface area (Å²) in [5.74, 6) is -0.116. The molecule has 27 heavy (non-hydrogen) atoms. The Bertz CT molecular complexity index is 1040. The summed E-state index contributed by atoms with van der Waals surface area (Å²) < 4.78 is 1.69. The van der Waals surface area contributed by atoms with Crippen molar-refractivity contribution in [3.63, 3.8) is 0 Å². The fourth-order valence-corrected chi connectivity index (χ4v) is 4.91. The smallest absolute Gasteiger partial charge is 0.263 e. The zero-order valence-electron chi connectivity index (χ0n) is 16.1. The number of aromatic nitrogens is 2. The third kappa shape index (κ3) is 3.94. The number of benzene rings is 1. The van der Waals surface area contributed by atoms with E-state index in [9.17, 15) is 9.59 Å². The molecule has 0 unspecified atom stereocenters. The number of rotatable bonds is 5. The zero-order chi connectivity index (χ0) is 19.7. The Morgan fingerprint density at radius 3 is 2.48 bits per heavy atom. The first-order chi connectivity index (χ1) is 12.8. The minimum atomic E-state index is -0.387. The van der Waals surface area contributed by atoms with E-state index in [0.29, 0.717) is 10.5 Å². The number of nitrogens with one attached hydrogen (secondary N) is 1. The van der Waals surface area contributed by atoms with Gasteiger partial charge in [0.25, 0.3) is 5.56 Å². The standard InChI is InChI=1S/C20H23N3O2S2/c1-11(2)23-19(25)16-12(3)13(4)26-18(16)22-20(23)27-14(5)17(24)21-15-9-7-6-8-10-15/h6-11,14H,1-5H3,(H,21,24)/t14-/m0/s1. The summed E-state index contributed by atoms with van der Waals surface area (Å²) in [4.78, 5) is 32.2. The predicted molar refractivity (Wildman–Crippen MR) is 114 cm³/mol. The highest BCUT2D eigenvalue weighted by Gasteiger charge is 2.22. The molecule has 142 valence electrons. The van der Waals surface area contributed by atoms with Gasteiger partial charge in [-0.1, -0.05) is 30.0 Å². The summed E-state index contributed by atoms with van der Waals surface area (Å²) in [6, 6.07) is 9.31. The Morgan fingerprint density at radius 2 is 1.85 bits per heavy atom. The first-order valence-electron chi connectivity index (χ1n) is 8.84. The van der Waals surface area contributed by atoms with Crippen molar-refractivity contribution in [3.8, 4) is 0 Å². The monoisotopic (exact) mass is 401 g/mol. The normalized spacial score (nSPS) is 12.5. The van der Waals surface area contributed by atoms with Crippen LogP contribution in [0.15, 0.2) is 40.3 Å². The number of carbonyl (C=O) groups is 1. The first-order valence-corrected chi connectivity index (χ1v) is 10.5. The van der Waals surface area contributed by atoms with Gasteiger partial charge in [0.1, 0.15) is 4.83 Å². The number of fused-ring (bicyclic) bond motifs is 1. The molecule has 0 saturated heterocycles. The van der Waals surface area contributed by atoms with Crippen molar-refractivity contribution in [2.75, 3.05) is 5.32 Å². The zero-order valence-corrected chi connectivity index (χ0v) is 17.7. The SMILES string of the molecule is Cc1sc2nc(S[C@@H](C)C(=O)Nc3ccccc3)n(C(C)C)c(=O)c2c1C. The maximum absolute atomic E-state index is 13.1. The average Bonchev–Trinajstić information content (AvgIpc) is 2.89. The Morgan fingerprint density at radius 1 is 1.19 bits per heavy atom. The molecule has 5 nitrogen and oxygen atoms in total. The van der Waals surface area contributed by atoms with Crippen molar-refractivity contribution >= 4 is 44.9 Å². The van der Waals surface area contributed by atoms with Crippen LogP contribution in [-0.4, -0.2) is 20.7 Å². The van der Waals surface area contributed by atoms with E-state index in [2.05, 4.69) is 5.32 Å². The second kappa shape index (κ2) is 7.86.